The Labute approximate surface area is 86.0 Å². The Bertz CT molecular complexity index is 283. The maximum atomic E-state index is 6.07. The van der Waals surface area contributed by atoms with E-state index in [1.165, 1.54) is 0 Å². The molecule has 4 heteroatoms. The van der Waals surface area contributed by atoms with Crippen molar-refractivity contribution in [3.05, 3.63) is 16.4 Å². The lowest BCUT2D eigenvalue weighted by atomic mass is 10.1. The number of rotatable bonds is 2. The van der Waals surface area contributed by atoms with Gasteiger partial charge in [-0.05, 0) is 12.8 Å². The highest BCUT2D eigenvalue weighted by atomic mass is 79.9. The lowest BCUT2D eigenvalue weighted by Gasteiger charge is -2.06. The molecule has 1 atom stereocenters. The Morgan fingerprint density at radius 1 is 1.67 bits per heavy atom. The molecule has 0 saturated heterocycles. The zero-order valence-corrected chi connectivity index (χ0v) is 9.78. The average molecular weight is 252 g/mol. The average Bonchev–Trinajstić information content (AvgIpc) is 2.26. The standard InChI is InChI=1S/C8H12BrClN2/c1-5(4-9)7-6(2)11-12(3)8(7)10/h5H,4H2,1-3H3. The van der Waals surface area contributed by atoms with Crippen molar-refractivity contribution in [3.63, 3.8) is 0 Å². The molecule has 0 spiro atoms. The van der Waals surface area contributed by atoms with Gasteiger partial charge in [-0.3, -0.25) is 4.68 Å². The maximum absolute atomic E-state index is 6.07. The number of alkyl halides is 1. The van der Waals surface area contributed by atoms with E-state index in [2.05, 4.69) is 28.0 Å². The largest absolute Gasteiger partial charge is 0.257 e. The lowest BCUT2D eigenvalue weighted by molar-refractivity contribution is 0.757. The molecule has 0 radical (unpaired) electrons. The molecule has 0 bridgehead atoms. The first-order valence-corrected chi connectivity index (χ1v) is 5.32. The maximum Gasteiger partial charge on any atom is 0.130 e. The summed E-state index contributed by atoms with van der Waals surface area (Å²) in [6.07, 6.45) is 0. The molecule has 0 aliphatic carbocycles. The second-order valence-corrected chi connectivity index (χ2v) is 3.97. The zero-order valence-electron chi connectivity index (χ0n) is 7.43. The molecule has 0 aliphatic heterocycles. The summed E-state index contributed by atoms with van der Waals surface area (Å²) < 4.78 is 1.71. The molecule has 0 aliphatic rings. The Balaban J connectivity index is 3.13. The van der Waals surface area contributed by atoms with Crippen LogP contribution in [0, 0.1) is 6.92 Å². The predicted molar refractivity (Wildman–Crippen MR) is 55.2 cm³/mol. The third kappa shape index (κ3) is 1.67. The number of nitrogens with zero attached hydrogens (tertiary/aromatic N) is 2. The van der Waals surface area contributed by atoms with Crippen LogP contribution in [-0.4, -0.2) is 15.1 Å². The van der Waals surface area contributed by atoms with Crippen molar-refractivity contribution >= 4 is 27.5 Å². The van der Waals surface area contributed by atoms with Crippen LogP contribution in [0.2, 0.25) is 5.15 Å². The summed E-state index contributed by atoms with van der Waals surface area (Å²) in [6, 6.07) is 0. The van der Waals surface area contributed by atoms with Gasteiger partial charge in [0.15, 0.2) is 0 Å². The minimum absolute atomic E-state index is 0.422. The van der Waals surface area contributed by atoms with Gasteiger partial charge in [0.05, 0.1) is 5.69 Å². The van der Waals surface area contributed by atoms with Crippen molar-refractivity contribution in [1.82, 2.24) is 9.78 Å². The first-order valence-electron chi connectivity index (χ1n) is 3.82. The summed E-state index contributed by atoms with van der Waals surface area (Å²) >= 11 is 9.50. The van der Waals surface area contributed by atoms with Crippen LogP contribution in [-0.2, 0) is 7.05 Å². The van der Waals surface area contributed by atoms with Crippen LogP contribution in [0.5, 0.6) is 0 Å². The van der Waals surface area contributed by atoms with Gasteiger partial charge in [-0.25, -0.2) is 0 Å². The van der Waals surface area contributed by atoms with Crippen molar-refractivity contribution in [3.8, 4) is 0 Å². The topological polar surface area (TPSA) is 17.8 Å². The fourth-order valence-corrected chi connectivity index (χ4v) is 1.97. The summed E-state index contributed by atoms with van der Waals surface area (Å²) in [7, 11) is 1.86. The van der Waals surface area contributed by atoms with Gasteiger partial charge in [0.25, 0.3) is 0 Å². The van der Waals surface area contributed by atoms with Gasteiger partial charge in [0, 0.05) is 17.9 Å². The van der Waals surface area contributed by atoms with Crippen LogP contribution in [0.3, 0.4) is 0 Å². The Kier molecular flexibility index (Phi) is 3.18. The van der Waals surface area contributed by atoms with Crippen LogP contribution >= 0.6 is 27.5 Å². The molecule has 2 nitrogen and oxygen atoms in total. The van der Waals surface area contributed by atoms with E-state index >= 15 is 0 Å². The quantitative estimate of drug-likeness (QED) is 0.739. The molecular formula is C8H12BrClN2. The molecular weight excluding hydrogens is 239 g/mol. The molecule has 1 rings (SSSR count). The van der Waals surface area contributed by atoms with E-state index in [0.717, 1.165) is 21.7 Å². The molecule has 1 heterocycles. The highest BCUT2D eigenvalue weighted by Gasteiger charge is 2.16. The summed E-state index contributed by atoms with van der Waals surface area (Å²) in [4.78, 5) is 0. The smallest absolute Gasteiger partial charge is 0.130 e. The minimum atomic E-state index is 0.422. The van der Waals surface area contributed by atoms with Gasteiger partial charge in [0.1, 0.15) is 5.15 Å². The molecule has 1 unspecified atom stereocenters. The SMILES string of the molecule is Cc1nn(C)c(Cl)c1C(C)CBr. The summed E-state index contributed by atoms with van der Waals surface area (Å²) in [5.41, 5.74) is 2.17. The first-order chi connectivity index (χ1) is 5.57. The number of aromatic nitrogens is 2. The van der Waals surface area contributed by atoms with Gasteiger partial charge in [-0.1, -0.05) is 34.5 Å². The van der Waals surface area contributed by atoms with Crippen LogP contribution in [0.25, 0.3) is 0 Å². The Morgan fingerprint density at radius 2 is 2.25 bits per heavy atom. The van der Waals surface area contributed by atoms with Crippen molar-refractivity contribution in [2.45, 2.75) is 19.8 Å². The highest BCUT2D eigenvalue weighted by molar-refractivity contribution is 9.09. The van der Waals surface area contributed by atoms with Gasteiger partial charge in [-0.15, -0.1) is 0 Å². The number of halogens is 2. The Hall–Kier alpha value is -0.0200. The van der Waals surface area contributed by atoms with Crippen molar-refractivity contribution < 1.29 is 0 Å². The summed E-state index contributed by atoms with van der Waals surface area (Å²) in [5, 5.41) is 5.91. The van der Waals surface area contributed by atoms with Crippen molar-refractivity contribution in [2.24, 2.45) is 7.05 Å². The van der Waals surface area contributed by atoms with E-state index < -0.39 is 0 Å². The van der Waals surface area contributed by atoms with Gasteiger partial charge < -0.3 is 0 Å². The van der Waals surface area contributed by atoms with E-state index in [1.54, 1.807) is 4.68 Å². The number of hydrogen-bond acceptors (Lipinski definition) is 1. The minimum Gasteiger partial charge on any atom is -0.257 e. The molecule has 0 aromatic carbocycles. The molecule has 0 saturated carbocycles. The van der Waals surface area contributed by atoms with E-state index in [9.17, 15) is 0 Å². The molecule has 0 amide bonds. The van der Waals surface area contributed by atoms with E-state index in [0.29, 0.717) is 5.92 Å². The molecule has 0 N–H and O–H groups in total. The van der Waals surface area contributed by atoms with Crippen molar-refractivity contribution in [1.29, 1.82) is 0 Å². The first kappa shape index (κ1) is 10.1. The van der Waals surface area contributed by atoms with Crippen LogP contribution in [0.4, 0.5) is 0 Å². The molecule has 1 aromatic rings. The molecule has 0 fully saturated rings. The molecule has 12 heavy (non-hydrogen) atoms. The summed E-state index contributed by atoms with van der Waals surface area (Å²) in [5.74, 6) is 0.422. The predicted octanol–water partition coefficient (Wildman–Crippen LogP) is 2.88. The van der Waals surface area contributed by atoms with Crippen LogP contribution in [0.1, 0.15) is 24.1 Å². The fourth-order valence-electron chi connectivity index (χ4n) is 1.28. The fraction of sp³-hybridized carbons (Fsp3) is 0.625. The normalized spacial score (nSPS) is 13.4. The monoisotopic (exact) mass is 250 g/mol. The second-order valence-electron chi connectivity index (χ2n) is 2.97. The van der Waals surface area contributed by atoms with Gasteiger partial charge >= 0.3 is 0 Å². The number of aryl methyl sites for hydroxylation is 2. The van der Waals surface area contributed by atoms with E-state index in [-0.39, 0.29) is 0 Å². The molecule has 1 aromatic heterocycles. The zero-order chi connectivity index (χ0) is 9.30. The molecule has 68 valence electrons. The number of hydrogen-bond donors (Lipinski definition) is 0. The second kappa shape index (κ2) is 3.79. The lowest BCUT2D eigenvalue weighted by Crippen LogP contribution is -1.96. The van der Waals surface area contributed by atoms with E-state index in [4.69, 9.17) is 11.6 Å². The summed E-state index contributed by atoms with van der Waals surface area (Å²) in [6.45, 7) is 4.12. The van der Waals surface area contributed by atoms with Crippen molar-refractivity contribution in [2.75, 3.05) is 5.33 Å². The highest BCUT2D eigenvalue weighted by Crippen LogP contribution is 2.27. The van der Waals surface area contributed by atoms with E-state index in [1.807, 2.05) is 14.0 Å². The van der Waals surface area contributed by atoms with Crippen LogP contribution < -0.4 is 0 Å². The van der Waals surface area contributed by atoms with Gasteiger partial charge in [0.2, 0.25) is 0 Å². The third-order valence-electron chi connectivity index (χ3n) is 1.92. The third-order valence-corrected chi connectivity index (χ3v) is 3.34. The Morgan fingerprint density at radius 3 is 2.58 bits per heavy atom. The van der Waals surface area contributed by atoms with Gasteiger partial charge in [-0.2, -0.15) is 5.10 Å². The van der Waals surface area contributed by atoms with Crippen LogP contribution in [0.15, 0.2) is 0 Å².